The van der Waals surface area contributed by atoms with Gasteiger partial charge in [0.1, 0.15) is 17.3 Å². The summed E-state index contributed by atoms with van der Waals surface area (Å²) in [7, 11) is 0. The number of hydrogen-bond acceptors (Lipinski definition) is 8. The number of carbonyl (C=O) groups excluding carboxylic acids is 1. The Morgan fingerprint density at radius 1 is 1.10 bits per heavy atom. The highest BCUT2D eigenvalue weighted by Crippen LogP contribution is 2.28. The largest absolute Gasteiger partial charge is 0.507 e. The average molecular weight is 410 g/mol. The summed E-state index contributed by atoms with van der Waals surface area (Å²) in [5.41, 5.74) is 2.44. The van der Waals surface area contributed by atoms with Gasteiger partial charge in [0, 0.05) is 29.3 Å². The first-order valence-corrected chi connectivity index (χ1v) is 8.42. The number of hydrazone groups is 1. The molecule has 0 aliphatic carbocycles. The monoisotopic (exact) mass is 410 g/mol. The number of benzene rings is 2. The van der Waals surface area contributed by atoms with E-state index in [1.165, 1.54) is 12.3 Å². The third-order valence-corrected chi connectivity index (χ3v) is 4.11. The molecule has 0 aliphatic rings. The van der Waals surface area contributed by atoms with Crippen LogP contribution in [0.3, 0.4) is 0 Å². The van der Waals surface area contributed by atoms with Gasteiger partial charge in [-0.3, -0.25) is 25.0 Å². The molecule has 2 aromatic carbocycles. The summed E-state index contributed by atoms with van der Waals surface area (Å²) < 4.78 is 5.54. The summed E-state index contributed by atoms with van der Waals surface area (Å²) >= 11 is 0. The van der Waals surface area contributed by atoms with Gasteiger partial charge in [-0.05, 0) is 25.1 Å². The average Bonchev–Trinajstić information content (AvgIpc) is 3.17. The van der Waals surface area contributed by atoms with Crippen LogP contribution < -0.4 is 5.43 Å². The highest BCUT2D eigenvalue weighted by molar-refractivity contribution is 5.97. The van der Waals surface area contributed by atoms with Gasteiger partial charge in [0.05, 0.1) is 21.6 Å². The Labute approximate surface area is 168 Å². The minimum atomic E-state index is -0.853. The first kappa shape index (κ1) is 20.2. The van der Waals surface area contributed by atoms with Crippen LogP contribution in [0, 0.1) is 27.2 Å². The Balaban J connectivity index is 1.73. The molecule has 30 heavy (non-hydrogen) atoms. The van der Waals surface area contributed by atoms with Crippen LogP contribution in [0.25, 0.3) is 11.3 Å². The second-order valence-corrected chi connectivity index (χ2v) is 6.12. The molecule has 0 saturated carbocycles. The van der Waals surface area contributed by atoms with Crippen LogP contribution in [0.5, 0.6) is 5.75 Å². The first-order valence-electron chi connectivity index (χ1n) is 8.42. The molecule has 3 rings (SSSR count). The van der Waals surface area contributed by atoms with Crippen LogP contribution >= 0.6 is 0 Å². The topological polar surface area (TPSA) is 161 Å². The van der Waals surface area contributed by atoms with E-state index in [1.807, 2.05) is 0 Å². The number of carbonyl (C=O) groups is 1. The molecule has 11 nitrogen and oxygen atoms in total. The predicted octanol–water partition coefficient (Wildman–Crippen LogP) is 3.54. The molecule has 0 aliphatic heterocycles. The minimum absolute atomic E-state index is 0.0388. The van der Waals surface area contributed by atoms with Gasteiger partial charge in [-0.1, -0.05) is 12.1 Å². The van der Waals surface area contributed by atoms with Crippen LogP contribution in [0.15, 0.2) is 58.0 Å². The van der Waals surface area contributed by atoms with Crippen LogP contribution in [0.4, 0.5) is 11.4 Å². The van der Waals surface area contributed by atoms with Gasteiger partial charge in [0.2, 0.25) is 0 Å². The van der Waals surface area contributed by atoms with E-state index in [4.69, 9.17) is 4.42 Å². The lowest BCUT2D eigenvalue weighted by Gasteiger charge is -2.02. The summed E-state index contributed by atoms with van der Waals surface area (Å²) in [6.07, 6.45) is 1.18. The molecular formula is C19H14N4O7. The number of phenolic OH excluding ortho intramolecular Hbond substituents is 1. The molecule has 1 aromatic heterocycles. The molecule has 0 saturated heterocycles. The van der Waals surface area contributed by atoms with E-state index in [9.17, 15) is 30.1 Å². The molecule has 1 heterocycles. The molecule has 0 radical (unpaired) electrons. The van der Waals surface area contributed by atoms with Gasteiger partial charge < -0.3 is 9.52 Å². The van der Waals surface area contributed by atoms with Crippen molar-refractivity contribution >= 4 is 23.5 Å². The number of phenols is 1. The zero-order valence-electron chi connectivity index (χ0n) is 15.4. The Morgan fingerprint density at radius 2 is 1.87 bits per heavy atom. The zero-order valence-corrected chi connectivity index (χ0v) is 15.4. The van der Waals surface area contributed by atoms with Crippen molar-refractivity contribution in [2.75, 3.05) is 0 Å². The number of rotatable bonds is 6. The normalized spacial score (nSPS) is 10.8. The smallest absolute Gasteiger partial charge is 0.275 e. The highest BCUT2D eigenvalue weighted by Gasteiger charge is 2.16. The number of nitro benzene ring substituents is 2. The SMILES string of the molecule is Cc1ccc(-c2ccc(/C=N/NC(=O)c3cc([N+](=O)[O-])ccc3O)o2)cc1[N+](=O)[O-]. The Hall–Kier alpha value is -4.54. The fraction of sp³-hybridized carbons (Fsp3) is 0.0526. The van der Waals surface area contributed by atoms with E-state index in [0.29, 0.717) is 16.9 Å². The van der Waals surface area contributed by atoms with Gasteiger partial charge in [0.15, 0.2) is 0 Å². The first-order chi connectivity index (χ1) is 14.3. The van der Waals surface area contributed by atoms with E-state index in [-0.39, 0.29) is 22.7 Å². The number of hydrogen-bond donors (Lipinski definition) is 2. The fourth-order valence-corrected chi connectivity index (χ4v) is 2.57. The van der Waals surface area contributed by atoms with Crippen molar-refractivity contribution in [3.8, 4) is 17.1 Å². The van der Waals surface area contributed by atoms with Gasteiger partial charge in [-0.25, -0.2) is 5.43 Å². The van der Waals surface area contributed by atoms with E-state index in [2.05, 4.69) is 10.5 Å². The van der Waals surface area contributed by atoms with E-state index in [0.717, 1.165) is 18.2 Å². The molecule has 0 unspecified atom stereocenters. The fourth-order valence-electron chi connectivity index (χ4n) is 2.57. The van der Waals surface area contributed by atoms with Crippen molar-refractivity contribution in [1.29, 1.82) is 0 Å². The summed E-state index contributed by atoms with van der Waals surface area (Å²) in [5, 5.41) is 35.3. The van der Waals surface area contributed by atoms with Crippen molar-refractivity contribution in [1.82, 2.24) is 5.43 Å². The Kier molecular flexibility index (Phi) is 5.54. The number of nitro groups is 2. The maximum Gasteiger partial charge on any atom is 0.275 e. The van der Waals surface area contributed by atoms with Gasteiger partial charge in [0.25, 0.3) is 17.3 Å². The number of furan rings is 1. The quantitative estimate of drug-likeness (QED) is 0.357. The molecule has 2 N–H and O–H groups in total. The molecule has 0 fully saturated rings. The lowest BCUT2D eigenvalue weighted by atomic mass is 10.1. The van der Waals surface area contributed by atoms with E-state index in [1.54, 1.807) is 31.2 Å². The summed E-state index contributed by atoms with van der Waals surface area (Å²) in [6, 6.07) is 10.8. The second-order valence-electron chi connectivity index (χ2n) is 6.12. The molecule has 152 valence electrons. The molecule has 11 heteroatoms. The third-order valence-electron chi connectivity index (χ3n) is 4.11. The van der Waals surface area contributed by atoms with Crippen LogP contribution in [0.2, 0.25) is 0 Å². The minimum Gasteiger partial charge on any atom is -0.507 e. The summed E-state index contributed by atoms with van der Waals surface area (Å²) in [4.78, 5) is 32.8. The van der Waals surface area contributed by atoms with E-state index < -0.39 is 21.5 Å². The molecule has 0 bridgehead atoms. The van der Waals surface area contributed by atoms with Crippen molar-refractivity contribution in [2.24, 2.45) is 5.10 Å². The number of nitrogens with zero attached hydrogens (tertiary/aromatic N) is 3. The van der Waals surface area contributed by atoms with Crippen LogP contribution in [-0.2, 0) is 0 Å². The lowest BCUT2D eigenvalue weighted by Crippen LogP contribution is -2.17. The number of aromatic hydroxyl groups is 1. The van der Waals surface area contributed by atoms with Crippen LogP contribution in [-0.4, -0.2) is 27.1 Å². The van der Waals surface area contributed by atoms with Crippen molar-refractivity contribution in [3.63, 3.8) is 0 Å². The maximum absolute atomic E-state index is 12.1. The number of nitrogens with one attached hydrogen (secondary N) is 1. The van der Waals surface area contributed by atoms with Gasteiger partial charge >= 0.3 is 0 Å². The molecule has 1 amide bonds. The molecule has 0 atom stereocenters. The van der Waals surface area contributed by atoms with Gasteiger partial charge in [-0.15, -0.1) is 0 Å². The Bertz CT molecular complexity index is 1180. The van der Waals surface area contributed by atoms with Crippen molar-refractivity contribution in [3.05, 3.63) is 85.6 Å². The standard InChI is InChI=1S/C19H14N4O7/c1-11-2-3-12(8-16(11)23(28)29)18-7-5-14(30-18)10-20-21-19(25)15-9-13(22(26)27)4-6-17(15)24/h2-10,24H,1H3,(H,21,25)/b20-10+. The summed E-state index contributed by atoms with van der Waals surface area (Å²) in [5.74, 6) is -0.679. The van der Waals surface area contributed by atoms with Gasteiger partial charge in [-0.2, -0.15) is 5.10 Å². The lowest BCUT2D eigenvalue weighted by molar-refractivity contribution is -0.385. The van der Waals surface area contributed by atoms with E-state index >= 15 is 0 Å². The predicted molar refractivity (Wildman–Crippen MR) is 105 cm³/mol. The number of amides is 1. The number of aryl methyl sites for hydroxylation is 1. The third kappa shape index (κ3) is 4.30. The zero-order chi connectivity index (χ0) is 21.8. The Morgan fingerprint density at radius 3 is 2.57 bits per heavy atom. The molecule has 3 aromatic rings. The number of non-ortho nitro benzene ring substituents is 1. The molecular weight excluding hydrogens is 396 g/mol. The second kappa shape index (κ2) is 8.22. The maximum atomic E-state index is 12.1. The van der Waals surface area contributed by atoms with Crippen molar-refractivity contribution < 1.29 is 24.2 Å². The summed E-state index contributed by atoms with van der Waals surface area (Å²) in [6.45, 7) is 1.63. The van der Waals surface area contributed by atoms with Crippen molar-refractivity contribution in [2.45, 2.75) is 6.92 Å². The highest BCUT2D eigenvalue weighted by atomic mass is 16.6. The van der Waals surface area contributed by atoms with Crippen LogP contribution in [0.1, 0.15) is 21.7 Å². The molecule has 0 spiro atoms.